The third kappa shape index (κ3) is 6.63. The van der Waals surface area contributed by atoms with E-state index < -0.39 is 11.7 Å². The third-order valence-corrected chi connectivity index (χ3v) is 7.02. The van der Waals surface area contributed by atoms with Crippen LogP contribution in [0.4, 0.5) is 28.3 Å². The van der Waals surface area contributed by atoms with E-state index in [2.05, 4.69) is 20.2 Å². The SMILES string of the molecule is C[C@@H]1CN(c2ncc(C(F)(F)F)cn2)CCN1C(=O)NCCC1CCN(Cc2ccccc2F)CC1. The second-order valence-corrected chi connectivity index (χ2v) is 9.59. The van der Waals surface area contributed by atoms with Crippen LogP contribution in [0.15, 0.2) is 36.7 Å². The van der Waals surface area contributed by atoms with Crippen molar-refractivity contribution in [3.63, 3.8) is 0 Å². The quantitative estimate of drug-likeness (QED) is 0.594. The first kappa shape index (κ1) is 26.1. The summed E-state index contributed by atoms with van der Waals surface area (Å²) < 4.78 is 52.1. The molecule has 0 aliphatic carbocycles. The zero-order valence-corrected chi connectivity index (χ0v) is 20.3. The van der Waals surface area contributed by atoms with Gasteiger partial charge in [0.15, 0.2) is 0 Å². The van der Waals surface area contributed by atoms with Gasteiger partial charge in [-0.3, -0.25) is 4.90 Å². The molecule has 0 spiro atoms. The highest BCUT2D eigenvalue weighted by Crippen LogP contribution is 2.28. The molecule has 196 valence electrons. The fourth-order valence-corrected chi connectivity index (χ4v) is 4.86. The van der Waals surface area contributed by atoms with Crippen LogP contribution in [0.2, 0.25) is 0 Å². The Hall–Kier alpha value is -2.95. The summed E-state index contributed by atoms with van der Waals surface area (Å²) in [5, 5.41) is 3.02. The molecule has 2 aliphatic heterocycles. The molecule has 3 heterocycles. The lowest BCUT2D eigenvalue weighted by atomic mass is 9.93. The number of nitrogens with one attached hydrogen (secondary N) is 1. The lowest BCUT2D eigenvalue weighted by molar-refractivity contribution is -0.138. The van der Waals surface area contributed by atoms with Gasteiger partial charge in [-0.25, -0.2) is 19.2 Å². The van der Waals surface area contributed by atoms with Gasteiger partial charge in [0.05, 0.1) is 5.56 Å². The van der Waals surface area contributed by atoms with E-state index in [9.17, 15) is 22.4 Å². The first-order valence-corrected chi connectivity index (χ1v) is 12.3. The average Bonchev–Trinajstić information content (AvgIpc) is 2.86. The molecule has 1 aromatic carbocycles. The summed E-state index contributed by atoms with van der Waals surface area (Å²) >= 11 is 0. The number of urea groups is 1. The summed E-state index contributed by atoms with van der Waals surface area (Å²) in [5.74, 6) is 0.591. The predicted molar refractivity (Wildman–Crippen MR) is 128 cm³/mol. The lowest BCUT2D eigenvalue weighted by Gasteiger charge is -2.39. The summed E-state index contributed by atoms with van der Waals surface area (Å²) in [7, 11) is 0. The lowest BCUT2D eigenvalue weighted by Crippen LogP contribution is -2.57. The van der Waals surface area contributed by atoms with Crippen molar-refractivity contribution in [2.45, 2.75) is 44.9 Å². The predicted octanol–water partition coefficient (Wildman–Crippen LogP) is 4.16. The molecule has 1 N–H and O–H groups in total. The van der Waals surface area contributed by atoms with E-state index in [-0.39, 0.29) is 23.8 Å². The number of amides is 2. The number of nitrogens with zero attached hydrogens (tertiary/aromatic N) is 5. The van der Waals surface area contributed by atoms with E-state index in [0.29, 0.717) is 38.6 Å². The van der Waals surface area contributed by atoms with Gasteiger partial charge < -0.3 is 15.1 Å². The van der Waals surface area contributed by atoms with Crippen LogP contribution in [-0.4, -0.2) is 71.1 Å². The molecular weight excluding hydrogens is 476 g/mol. The number of likely N-dealkylation sites (tertiary alicyclic amines) is 1. The highest BCUT2D eigenvalue weighted by atomic mass is 19.4. The Kier molecular flexibility index (Phi) is 8.28. The van der Waals surface area contributed by atoms with E-state index in [4.69, 9.17) is 0 Å². The summed E-state index contributed by atoms with van der Waals surface area (Å²) in [4.78, 5) is 26.3. The molecule has 2 aromatic rings. The minimum absolute atomic E-state index is 0.132. The second-order valence-electron chi connectivity index (χ2n) is 9.59. The molecule has 1 atom stereocenters. The number of carbonyl (C=O) groups is 1. The number of aromatic nitrogens is 2. The Morgan fingerprint density at radius 2 is 1.78 bits per heavy atom. The van der Waals surface area contributed by atoms with E-state index >= 15 is 0 Å². The Morgan fingerprint density at radius 3 is 2.42 bits per heavy atom. The highest BCUT2D eigenvalue weighted by Gasteiger charge is 2.33. The number of halogens is 4. The number of hydrogen-bond acceptors (Lipinski definition) is 5. The fourth-order valence-electron chi connectivity index (χ4n) is 4.86. The van der Waals surface area contributed by atoms with E-state index in [1.807, 2.05) is 19.1 Å². The van der Waals surface area contributed by atoms with Crippen molar-refractivity contribution in [2.24, 2.45) is 5.92 Å². The number of alkyl halides is 3. The molecule has 0 saturated carbocycles. The van der Waals surface area contributed by atoms with Crippen molar-refractivity contribution in [1.29, 1.82) is 0 Å². The van der Waals surface area contributed by atoms with Crippen molar-refractivity contribution in [3.8, 4) is 0 Å². The molecule has 4 rings (SSSR count). The Bertz CT molecular complexity index is 1010. The van der Waals surface area contributed by atoms with Gasteiger partial charge in [0.25, 0.3) is 0 Å². The van der Waals surface area contributed by atoms with Crippen LogP contribution in [0.25, 0.3) is 0 Å². The molecule has 2 aliphatic rings. The summed E-state index contributed by atoms with van der Waals surface area (Å²) in [6.45, 7) is 6.27. The van der Waals surface area contributed by atoms with Gasteiger partial charge >= 0.3 is 12.2 Å². The number of piperidine rings is 1. The topological polar surface area (TPSA) is 64.6 Å². The van der Waals surface area contributed by atoms with Crippen LogP contribution in [-0.2, 0) is 12.7 Å². The molecule has 1 aromatic heterocycles. The van der Waals surface area contributed by atoms with Crippen LogP contribution in [0, 0.1) is 11.7 Å². The average molecular weight is 509 g/mol. The van der Waals surface area contributed by atoms with Crippen molar-refractivity contribution in [3.05, 3.63) is 53.6 Å². The molecule has 2 fully saturated rings. The number of anilines is 1. The summed E-state index contributed by atoms with van der Waals surface area (Å²) in [5.41, 5.74) is -0.157. The smallest absolute Gasteiger partial charge is 0.338 e. The molecule has 0 radical (unpaired) electrons. The maximum absolute atomic E-state index is 13.9. The zero-order valence-electron chi connectivity index (χ0n) is 20.3. The number of carbonyl (C=O) groups excluding carboxylic acids is 1. The minimum atomic E-state index is -4.47. The van der Waals surface area contributed by atoms with Crippen molar-refractivity contribution in [2.75, 3.05) is 44.2 Å². The van der Waals surface area contributed by atoms with Gasteiger partial charge in [-0.2, -0.15) is 13.2 Å². The van der Waals surface area contributed by atoms with Gasteiger partial charge in [0.1, 0.15) is 5.82 Å². The molecule has 36 heavy (non-hydrogen) atoms. The number of piperazine rings is 1. The fraction of sp³-hybridized carbons (Fsp3) is 0.560. The van der Waals surface area contributed by atoms with Gasteiger partial charge in [0, 0.05) is 56.7 Å². The monoisotopic (exact) mass is 508 g/mol. The van der Waals surface area contributed by atoms with Crippen LogP contribution < -0.4 is 10.2 Å². The molecule has 2 saturated heterocycles. The van der Waals surface area contributed by atoms with Crippen LogP contribution in [0.5, 0.6) is 0 Å². The molecule has 7 nitrogen and oxygen atoms in total. The van der Waals surface area contributed by atoms with E-state index in [1.165, 1.54) is 6.07 Å². The van der Waals surface area contributed by atoms with Gasteiger partial charge in [-0.15, -0.1) is 0 Å². The highest BCUT2D eigenvalue weighted by molar-refractivity contribution is 5.74. The Morgan fingerprint density at radius 1 is 1.08 bits per heavy atom. The maximum atomic E-state index is 13.9. The maximum Gasteiger partial charge on any atom is 0.419 e. The first-order valence-electron chi connectivity index (χ1n) is 12.3. The van der Waals surface area contributed by atoms with Gasteiger partial charge in [-0.1, -0.05) is 18.2 Å². The summed E-state index contributed by atoms with van der Waals surface area (Å²) in [6.07, 6.45) is 0.0420. The number of benzene rings is 1. The third-order valence-electron chi connectivity index (χ3n) is 7.02. The van der Waals surface area contributed by atoms with E-state index in [0.717, 1.165) is 50.3 Å². The molecule has 0 unspecified atom stereocenters. The molecule has 11 heteroatoms. The number of rotatable bonds is 6. The Labute approximate surface area is 208 Å². The standard InChI is InChI=1S/C25H32F4N6O/c1-18-16-34(23-31-14-21(15-32-23)25(27,28)29)12-13-35(18)24(36)30-9-6-19-7-10-33(11-8-19)17-20-4-2-3-5-22(20)26/h2-5,14-15,18-19H,6-13,16-17H2,1H3,(H,30,36)/t18-/m1/s1. The van der Waals surface area contributed by atoms with Crippen molar-refractivity contribution < 1.29 is 22.4 Å². The van der Waals surface area contributed by atoms with Crippen LogP contribution in [0.1, 0.15) is 37.3 Å². The van der Waals surface area contributed by atoms with Crippen LogP contribution >= 0.6 is 0 Å². The van der Waals surface area contributed by atoms with Gasteiger partial charge in [-0.05, 0) is 51.3 Å². The number of hydrogen-bond donors (Lipinski definition) is 1. The van der Waals surface area contributed by atoms with E-state index in [1.54, 1.807) is 15.9 Å². The summed E-state index contributed by atoms with van der Waals surface area (Å²) in [6, 6.07) is 6.62. The normalized spacial score (nSPS) is 20.0. The molecule has 0 bridgehead atoms. The Balaban J connectivity index is 1.16. The minimum Gasteiger partial charge on any atom is -0.338 e. The largest absolute Gasteiger partial charge is 0.419 e. The van der Waals surface area contributed by atoms with Crippen LogP contribution in [0.3, 0.4) is 0 Å². The van der Waals surface area contributed by atoms with Crippen molar-refractivity contribution >= 4 is 12.0 Å². The molecule has 2 amide bonds. The zero-order chi connectivity index (χ0) is 25.7. The molecular formula is C25H32F4N6O. The van der Waals surface area contributed by atoms with Gasteiger partial charge in [0.2, 0.25) is 5.95 Å². The second kappa shape index (κ2) is 11.4. The van der Waals surface area contributed by atoms with Crippen molar-refractivity contribution in [1.82, 2.24) is 25.1 Å². The first-order chi connectivity index (χ1) is 17.2.